The van der Waals surface area contributed by atoms with Crippen molar-refractivity contribution in [2.24, 2.45) is 4.36 Å². The highest BCUT2D eigenvalue weighted by Crippen LogP contribution is 2.21. The smallest absolute Gasteiger partial charge is 0.317 e. The van der Waals surface area contributed by atoms with Gasteiger partial charge in [-0.15, -0.1) is 8.25 Å². The summed E-state index contributed by atoms with van der Waals surface area (Å²) in [6.45, 7) is 11.6. The molecule has 0 saturated carbocycles. The van der Waals surface area contributed by atoms with Crippen LogP contribution < -0.4 is 0 Å². The fraction of sp³-hybridized carbons (Fsp3) is 0.909. The van der Waals surface area contributed by atoms with Crippen LogP contribution >= 0.6 is 0 Å². The maximum absolute atomic E-state index is 13.8. The van der Waals surface area contributed by atoms with E-state index in [9.17, 15) is 12.9 Å². The van der Waals surface area contributed by atoms with Gasteiger partial charge in [0, 0.05) is 12.1 Å². The van der Waals surface area contributed by atoms with Gasteiger partial charge in [0.05, 0.1) is 4.75 Å². The van der Waals surface area contributed by atoms with E-state index < -0.39 is 20.9 Å². The summed E-state index contributed by atoms with van der Waals surface area (Å²) >= 11 is 0. The topological polar surface area (TPSA) is 49.7 Å². The fourth-order valence-corrected chi connectivity index (χ4v) is 1.89. The number of hydrogen-bond acceptors (Lipinski definition) is 2. The molecule has 0 heterocycles. The van der Waals surface area contributed by atoms with E-state index in [1.54, 1.807) is 0 Å². The van der Waals surface area contributed by atoms with Crippen LogP contribution in [0.25, 0.3) is 0 Å². The van der Waals surface area contributed by atoms with Gasteiger partial charge in [-0.05, 0) is 48.5 Å². The Morgan fingerprint density at radius 2 is 1.53 bits per heavy atom. The van der Waals surface area contributed by atoms with Crippen molar-refractivity contribution in [1.82, 2.24) is 4.90 Å². The van der Waals surface area contributed by atoms with Gasteiger partial charge < -0.3 is 4.90 Å². The number of carbonyl (C=O) groups is 1. The highest BCUT2D eigenvalue weighted by Gasteiger charge is 2.30. The second-order valence-electron chi connectivity index (χ2n) is 5.54. The van der Waals surface area contributed by atoms with Gasteiger partial charge in [-0.3, -0.25) is 0 Å². The molecule has 0 aromatic carbocycles. The number of nitrogens with zero attached hydrogens (tertiary/aromatic N) is 2. The SMILES string of the molecule is CC(C)N(C(=O)N=[S@@](=O)(F)C(C)(C)C)C(C)C. The van der Waals surface area contributed by atoms with Crippen LogP contribution in [-0.4, -0.2) is 32.0 Å². The minimum Gasteiger partial charge on any atom is -0.317 e. The van der Waals surface area contributed by atoms with Crippen LogP contribution in [0.1, 0.15) is 48.5 Å². The van der Waals surface area contributed by atoms with Crippen molar-refractivity contribution in [1.29, 1.82) is 0 Å². The zero-order valence-electron chi connectivity index (χ0n) is 11.7. The van der Waals surface area contributed by atoms with E-state index in [0.29, 0.717) is 0 Å². The largest absolute Gasteiger partial charge is 0.354 e. The van der Waals surface area contributed by atoms with E-state index in [1.807, 2.05) is 27.7 Å². The Kier molecular flexibility index (Phi) is 5.13. The van der Waals surface area contributed by atoms with Crippen LogP contribution in [0.2, 0.25) is 0 Å². The molecule has 4 nitrogen and oxygen atoms in total. The van der Waals surface area contributed by atoms with E-state index in [-0.39, 0.29) is 12.1 Å². The monoisotopic (exact) mass is 266 g/mol. The quantitative estimate of drug-likeness (QED) is 0.719. The Labute approximate surface area is 104 Å². The molecule has 17 heavy (non-hydrogen) atoms. The Morgan fingerprint density at radius 1 is 1.18 bits per heavy atom. The summed E-state index contributed by atoms with van der Waals surface area (Å²) in [4.78, 5) is 13.2. The maximum Gasteiger partial charge on any atom is 0.354 e. The lowest BCUT2D eigenvalue weighted by atomic mass is 10.2. The number of carbonyl (C=O) groups excluding carboxylic acids is 1. The molecule has 0 aromatic heterocycles. The molecule has 2 amide bonds. The lowest BCUT2D eigenvalue weighted by Crippen LogP contribution is -2.41. The van der Waals surface area contributed by atoms with E-state index in [2.05, 4.69) is 4.36 Å². The first-order chi connectivity index (χ1) is 7.40. The summed E-state index contributed by atoms with van der Waals surface area (Å²) in [5.74, 6) is 0. The van der Waals surface area contributed by atoms with Crippen LogP contribution in [0.4, 0.5) is 8.68 Å². The zero-order valence-corrected chi connectivity index (χ0v) is 12.5. The van der Waals surface area contributed by atoms with Crippen LogP contribution in [0.3, 0.4) is 0 Å². The third kappa shape index (κ3) is 4.26. The Hall–Kier alpha value is -0.650. The molecular formula is C11H23FN2O2S. The summed E-state index contributed by atoms with van der Waals surface area (Å²) in [5.41, 5.74) is 0. The first kappa shape index (κ1) is 16.4. The molecule has 0 spiro atoms. The first-order valence-electron chi connectivity index (χ1n) is 5.68. The molecule has 0 saturated heterocycles. The predicted octanol–water partition coefficient (Wildman–Crippen LogP) is 3.38. The molecule has 0 rings (SSSR count). The van der Waals surface area contributed by atoms with Crippen molar-refractivity contribution in [2.45, 2.75) is 65.3 Å². The third-order valence-corrected chi connectivity index (χ3v) is 4.19. The fourth-order valence-electron chi connectivity index (χ4n) is 1.32. The van der Waals surface area contributed by atoms with Crippen LogP contribution in [0.5, 0.6) is 0 Å². The standard InChI is InChI=1S/C11H23FN2O2S/c1-8(2)14(9(3)4)10(15)13-17(12,16)11(5,6)7/h8-9H,1-7H3/t17-/m0/s1. The molecule has 0 bridgehead atoms. The molecule has 0 unspecified atom stereocenters. The second kappa shape index (κ2) is 5.33. The number of urea groups is 1. The van der Waals surface area contributed by atoms with Gasteiger partial charge in [-0.1, -0.05) is 0 Å². The van der Waals surface area contributed by atoms with Gasteiger partial charge in [0.25, 0.3) is 0 Å². The zero-order chi connectivity index (χ0) is 14.0. The number of hydrogen-bond donors (Lipinski definition) is 0. The minimum absolute atomic E-state index is 0.110. The number of rotatable bonds is 2. The highest BCUT2D eigenvalue weighted by molar-refractivity contribution is 7.90. The van der Waals surface area contributed by atoms with Gasteiger partial charge in [0.1, 0.15) is 0 Å². The molecule has 0 N–H and O–H groups in total. The van der Waals surface area contributed by atoms with E-state index in [4.69, 9.17) is 0 Å². The Balaban J connectivity index is 5.35. The van der Waals surface area contributed by atoms with Gasteiger partial charge in [0.2, 0.25) is 10.1 Å². The molecule has 0 radical (unpaired) electrons. The van der Waals surface area contributed by atoms with Crippen molar-refractivity contribution in [3.63, 3.8) is 0 Å². The van der Waals surface area contributed by atoms with Crippen molar-refractivity contribution in [2.75, 3.05) is 0 Å². The predicted molar refractivity (Wildman–Crippen MR) is 68.9 cm³/mol. The van der Waals surface area contributed by atoms with Crippen LogP contribution in [-0.2, 0) is 10.1 Å². The average Bonchev–Trinajstić information content (AvgIpc) is 1.97. The first-order valence-corrected chi connectivity index (χ1v) is 7.10. The molecule has 0 aliphatic carbocycles. The highest BCUT2D eigenvalue weighted by atomic mass is 32.3. The van der Waals surface area contributed by atoms with Crippen LogP contribution in [0.15, 0.2) is 4.36 Å². The number of amides is 2. The van der Waals surface area contributed by atoms with Gasteiger partial charge in [0.15, 0.2) is 0 Å². The third-order valence-electron chi connectivity index (χ3n) is 2.28. The lowest BCUT2D eigenvalue weighted by Gasteiger charge is -2.29. The summed E-state index contributed by atoms with van der Waals surface area (Å²) in [7, 11) is -4.03. The van der Waals surface area contributed by atoms with E-state index in [0.717, 1.165) is 0 Å². The molecule has 0 fully saturated rings. The molecule has 0 aliphatic rings. The van der Waals surface area contributed by atoms with Crippen molar-refractivity contribution in [3.05, 3.63) is 0 Å². The van der Waals surface area contributed by atoms with E-state index in [1.165, 1.54) is 25.7 Å². The molecular weight excluding hydrogens is 243 g/mol. The summed E-state index contributed by atoms with van der Waals surface area (Å²) in [6.07, 6.45) is 0. The van der Waals surface area contributed by atoms with Gasteiger partial charge in [-0.25, -0.2) is 9.00 Å². The molecule has 0 aromatic rings. The Morgan fingerprint density at radius 3 is 1.76 bits per heavy atom. The van der Waals surface area contributed by atoms with Crippen molar-refractivity contribution in [3.8, 4) is 0 Å². The lowest BCUT2D eigenvalue weighted by molar-refractivity contribution is 0.175. The Bertz CT molecular complexity index is 383. The molecule has 0 aliphatic heterocycles. The van der Waals surface area contributed by atoms with E-state index >= 15 is 0 Å². The minimum atomic E-state index is -4.03. The van der Waals surface area contributed by atoms with Gasteiger partial charge in [-0.2, -0.15) is 0 Å². The normalized spacial score (nSPS) is 15.9. The van der Waals surface area contributed by atoms with Crippen LogP contribution in [0, 0.1) is 0 Å². The molecule has 102 valence electrons. The summed E-state index contributed by atoms with van der Waals surface area (Å²) in [6, 6.07) is -0.972. The average molecular weight is 266 g/mol. The summed E-state index contributed by atoms with van der Waals surface area (Å²) in [5, 5.41) is 0. The van der Waals surface area contributed by atoms with Crippen molar-refractivity contribution >= 4 is 16.1 Å². The maximum atomic E-state index is 13.8. The second-order valence-corrected chi connectivity index (χ2v) is 7.86. The molecule has 6 heteroatoms. The summed E-state index contributed by atoms with van der Waals surface area (Å²) < 4.78 is 27.6. The number of halogens is 1. The molecule has 1 atom stereocenters. The van der Waals surface area contributed by atoms with Gasteiger partial charge >= 0.3 is 6.03 Å². The van der Waals surface area contributed by atoms with Crippen molar-refractivity contribution < 1.29 is 12.9 Å².